The number of hydrogen-bond donors (Lipinski definition) is 0. The highest BCUT2D eigenvalue weighted by Gasteiger charge is 2.26. The van der Waals surface area contributed by atoms with Crippen LogP contribution in [-0.4, -0.2) is 36.7 Å². The van der Waals surface area contributed by atoms with Crippen LogP contribution in [0.2, 0.25) is 0 Å². The number of nitrogens with zero attached hydrogens (tertiary/aromatic N) is 3. The average Bonchev–Trinajstić information content (AvgIpc) is 3.51. The summed E-state index contributed by atoms with van der Waals surface area (Å²) in [4.78, 5) is 20.0. The van der Waals surface area contributed by atoms with Crippen molar-refractivity contribution in [3.05, 3.63) is 76.7 Å². The van der Waals surface area contributed by atoms with Gasteiger partial charge in [0.05, 0.1) is 27.9 Å². The van der Waals surface area contributed by atoms with Gasteiger partial charge in [0.2, 0.25) is 10.0 Å². The highest BCUT2D eigenvalue weighted by Crippen LogP contribution is 2.32. The van der Waals surface area contributed by atoms with Crippen molar-refractivity contribution < 1.29 is 17.6 Å². The predicted molar refractivity (Wildman–Crippen MR) is 142 cm³/mol. The van der Waals surface area contributed by atoms with Gasteiger partial charge in [-0.05, 0) is 67.4 Å². The van der Waals surface area contributed by atoms with Crippen LogP contribution in [0, 0.1) is 0 Å². The lowest BCUT2D eigenvalue weighted by molar-refractivity contribution is 0.0983. The highest BCUT2D eigenvalue weighted by atomic mass is 79.9. The van der Waals surface area contributed by atoms with Crippen LogP contribution >= 0.6 is 27.3 Å². The van der Waals surface area contributed by atoms with Crippen LogP contribution in [0.1, 0.15) is 42.8 Å². The van der Waals surface area contributed by atoms with Crippen molar-refractivity contribution in [3.63, 3.8) is 0 Å². The fourth-order valence-corrected chi connectivity index (χ4v) is 6.85. The number of aromatic nitrogens is 1. The molecule has 0 spiro atoms. The summed E-state index contributed by atoms with van der Waals surface area (Å²) in [6, 6.07) is 15.5. The molecule has 0 aliphatic rings. The highest BCUT2D eigenvalue weighted by molar-refractivity contribution is 9.10. The van der Waals surface area contributed by atoms with E-state index in [4.69, 9.17) is 4.42 Å². The third kappa shape index (κ3) is 5.66. The molecular formula is C25H26BrN3O4S2. The first-order valence-electron chi connectivity index (χ1n) is 11.3. The van der Waals surface area contributed by atoms with E-state index in [0.29, 0.717) is 29.5 Å². The molecule has 35 heavy (non-hydrogen) atoms. The number of hydrogen-bond acceptors (Lipinski definition) is 6. The number of carbonyl (C=O) groups is 1. The molecular weight excluding hydrogens is 550 g/mol. The second kappa shape index (κ2) is 11.0. The fraction of sp³-hybridized carbons (Fsp3) is 0.280. The van der Waals surface area contributed by atoms with Crippen molar-refractivity contribution in [1.29, 1.82) is 0 Å². The van der Waals surface area contributed by atoms with Crippen LogP contribution in [0.3, 0.4) is 0 Å². The van der Waals surface area contributed by atoms with Gasteiger partial charge in [-0.3, -0.25) is 9.69 Å². The van der Waals surface area contributed by atoms with Crippen LogP contribution in [0.15, 0.2) is 74.6 Å². The number of thiazole rings is 1. The largest absolute Gasteiger partial charge is 0.467 e. The molecule has 0 bridgehead atoms. The molecule has 0 aliphatic carbocycles. The topological polar surface area (TPSA) is 83.7 Å². The normalized spacial score (nSPS) is 11.9. The monoisotopic (exact) mass is 575 g/mol. The minimum atomic E-state index is -3.62. The zero-order valence-corrected chi connectivity index (χ0v) is 22.7. The van der Waals surface area contributed by atoms with Crippen molar-refractivity contribution in [1.82, 2.24) is 9.29 Å². The van der Waals surface area contributed by atoms with Crippen molar-refractivity contribution in [3.8, 4) is 0 Å². The van der Waals surface area contributed by atoms with Crippen molar-refractivity contribution >= 4 is 58.5 Å². The molecule has 10 heteroatoms. The van der Waals surface area contributed by atoms with Gasteiger partial charge < -0.3 is 4.42 Å². The van der Waals surface area contributed by atoms with Crippen molar-refractivity contribution in [2.75, 3.05) is 18.0 Å². The molecule has 0 saturated heterocycles. The minimum absolute atomic E-state index is 0.179. The maximum atomic E-state index is 13.6. The molecule has 2 aromatic heterocycles. The smallest absolute Gasteiger partial charge is 0.260 e. The van der Waals surface area contributed by atoms with Crippen molar-refractivity contribution in [2.24, 2.45) is 0 Å². The Hall–Kier alpha value is -2.53. The number of sulfonamides is 1. The lowest BCUT2D eigenvalue weighted by atomic mass is 10.2. The average molecular weight is 577 g/mol. The van der Waals surface area contributed by atoms with E-state index in [1.165, 1.54) is 27.8 Å². The first-order chi connectivity index (χ1) is 16.8. The Kier molecular flexibility index (Phi) is 8.05. The van der Waals surface area contributed by atoms with E-state index < -0.39 is 10.0 Å². The van der Waals surface area contributed by atoms with E-state index in [-0.39, 0.29) is 17.3 Å². The first-order valence-corrected chi connectivity index (χ1v) is 14.4. The minimum Gasteiger partial charge on any atom is -0.467 e. The molecule has 0 saturated carbocycles. The number of benzene rings is 2. The van der Waals surface area contributed by atoms with Gasteiger partial charge in [-0.1, -0.05) is 41.1 Å². The molecule has 7 nitrogen and oxygen atoms in total. The van der Waals surface area contributed by atoms with Gasteiger partial charge in [-0.25, -0.2) is 13.4 Å². The van der Waals surface area contributed by atoms with Gasteiger partial charge in [-0.15, -0.1) is 0 Å². The van der Waals surface area contributed by atoms with Gasteiger partial charge in [0.25, 0.3) is 5.91 Å². The summed E-state index contributed by atoms with van der Waals surface area (Å²) < 4.78 is 35.0. The van der Waals surface area contributed by atoms with Crippen molar-refractivity contribution in [2.45, 2.75) is 38.1 Å². The third-order valence-electron chi connectivity index (χ3n) is 5.39. The number of rotatable bonds is 10. The summed E-state index contributed by atoms with van der Waals surface area (Å²) in [5.74, 6) is 0.329. The lowest BCUT2D eigenvalue weighted by Crippen LogP contribution is -2.33. The van der Waals surface area contributed by atoms with Gasteiger partial charge in [-0.2, -0.15) is 4.31 Å². The maximum absolute atomic E-state index is 13.6. The second-order valence-corrected chi connectivity index (χ2v) is 11.9. The molecule has 0 aliphatic heterocycles. The molecule has 0 radical (unpaired) electrons. The van der Waals surface area contributed by atoms with Crippen LogP contribution in [-0.2, 0) is 16.6 Å². The van der Waals surface area contributed by atoms with Gasteiger partial charge in [0.15, 0.2) is 5.13 Å². The molecule has 4 aromatic rings. The number of furan rings is 1. The Morgan fingerprint density at radius 3 is 2.40 bits per heavy atom. The molecule has 1 amide bonds. The Morgan fingerprint density at radius 1 is 1.06 bits per heavy atom. The van der Waals surface area contributed by atoms with Gasteiger partial charge in [0.1, 0.15) is 5.76 Å². The van der Waals surface area contributed by atoms with E-state index in [2.05, 4.69) is 20.9 Å². The Morgan fingerprint density at radius 2 is 1.77 bits per heavy atom. The molecule has 0 unspecified atom stereocenters. The zero-order chi connectivity index (χ0) is 25.0. The van der Waals surface area contributed by atoms with E-state index in [1.54, 1.807) is 35.4 Å². The van der Waals surface area contributed by atoms with E-state index in [0.717, 1.165) is 27.5 Å². The summed E-state index contributed by atoms with van der Waals surface area (Å²) in [6.45, 7) is 5.03. The van der Waals surface area contributed by atoms with Crippen LogP contribution in [0.25, 0.3) is 10.2 Å². The molecule has 0 N–H and O–H groups in total. The van der Waals surface area contributed by atoms with Gasteiger partial charge in [0, 0.05) is 23.1 Å². The Labute approximate surface area is 217 Å². The Balaban J connectivity index is 1.66. The second-order valence-electron chi connectivity index (χ2n) is 8.01. The summed E-state index contributed by atoms with van der Waals surface area (Å²) in [7, 11) is -3.62. The quantitative estimate of drug-likeness (QED) is 0.221. The molecule has 2 heterocycles. The molecule has 2 aromatic carbocycles. The van der Waals surface area contributed by atoms with E-state index in [1.807, 2.05) is 32.0 Å². The number of amides is 1. The van der Waals surface area contributed by atoms with Crippen LogP contribution < -0.4 is 4.90 Å². The van der Waals surface area contributed by atoms with Crippen LogP contribution in [0.4, 0.5) is 5.13 Å². The number of anilines is 1. The number of halogens is 1. The standard InChI is InChI=1S/C25H26BrN3O4S2/c1-3-13-28(14-4-2)35(31,32)21-10-7-18(8-11-21)24(30)29(17-20-6-5-15-33-20)25-27-22-12-9-19(26)16-23(22)34-25/h5-12,15-16H,3-4,13-14,17H2,1-2H3. The summed E-state index contributed by atoms with van der Waals surface area (Å²) in [5, 5.41) is 0.535. The summed E-state index contributed by atoms with van der Waals surface area (Å²) in [6.07, 6.45) is 3.03. The van der Waals surface area contributed by atoms with Gasteiger partial charge >= 0.3 is 0 Å². The molecule has 184 valence electrons. The van der Waals surface area contributed by atoms with E-state index in [9.17, 15) is 13.2 Å². The fourth-order valence-electron chi connectivity index (χ4n) is 3.71. The maximum Gasteiger partial charge on any atom is 0.260 e. The first kappa shape index (κ1) is 25.6. The SMILES string of the molecule is CCCN(CCC)S(=O)(=O)c1ccc(C(=O)N(Cc2ccco2)c2nc3ccc(Br)cc3s2)cc1. The summed E-state index contributed by atoms with van der Waals surface area (Å²) >= 11 is 4.88. The third-order valence-corrected chi connectivity index (χ3v) is 8.84. The van der Waals surface area contributed by atoms with Crippen LogP contribution in [0.5, 0.6) is 0 Å². The lowest BCUT2D eigenvalue weighted by Gasteiger charge is -2.21. The molecule has 0 fully saturated rings. The molecule has 4 rings (SSSR count). The zero-order valence-electron chi connectivity index (χ0n) is 19.5. The Bertz CT molecular complexity index is 1390. The van der Waals surface area contributed by atoms with E-state index >= 15 is 0 Å². The number of fused-ring (bicyclic) bond motifs is 1. The number of carbonyl (C=O) groups excluding carboxylic acids is 1. The molecule has 0 atom stereocenters. The predicted octanol–water partition coefficient (Wildman–Crippen LogP) is 6.31. The summed E-state index contributed by atoms with van der Waals surface area (Å²) in [5.41, 5.74) is 1.16.